The fraction of sp³-hybridized carbons (Fsp3) is 0.289. The van der Waals surface area contributed by atoms with E-state index in [0.29, 0.717) is 6.42 Å². The van der Waals surface area contributed by atoms with Crippen LogP contribution in [0.15, 0.2) is 106 Å². The average molecular weight is 899 g/mol. The molecule has 6 nitrogen and oxygen atoms in total. The summed E-state index contributed by atoms with van der Waals surface area (Å²) in [7, 11) is 0. The number of benzene rings is 2. The van der Waals surface area contributed by atoms with E-state index in [2.05, 4.69) is 78.6 Å². The van der Waals surface area contributed by atoms with Crippen LogP contribution in [0.25, 0.3) is 11.1 Å². The topological polar surface area (TPSA) is 71.0 Å². The Labute approximate surface area is 349 Å². The maximum atomic E-state index is 12.8. The van der Waals surface area contributed by atoms with E-state index in [1.54, 1.807) is 12.4 Å². The highest BCUT2D eigenvalue weighted by atomic mass is 79.9. The van der Waals surface area contributed by atoms with Crippen LogP contribution in [0.1, 0.15) is 76.0 Å². The molecule has 2 fully saturated rings. The van der Waals surface area contributed by atoms with E-state index in [0.717, 1.165) is 113 Å². The Kier molecular flexibility index (Phi) is 12.0. The summed E-state index contributed by atoms with van der Waals surface area (Å²) in [6.07, 6.45) is 15.5. The fourth-order valence-electron chi connectivity index (χ4n) is 8.37. The highest BCUT2D eigenvalue weighted by Gasteiger charge is 2.27. The summed E-state index contributed by atoms with van der Waals surface area (Å²) in [5.74, 6) is 0.177. The highest BCUT2D eigenvalue weighted by Crippen LogP contribution is 2.40. The number of amides is 1. The van der Waals surface area contributed by atoms with Gasteiger partial charge in [0.15, 0.2) is 0 Å². The van der Waals surface area contributed by atoms with Crippen molar-refractivity contribution in [3.8, 4) is 0 Å². The first-order valence-electron chi connectivity index (χ1n) is 19.0. The number of halogens is 4. The SMILES string of the molecule is Clc1ccc2c(c1)CCc1cc(Br)cnc1C2=C1CCNCC1.O=C(Cc1ccncc1)N1CCC(=C2c3ccc(Cl)cc3CCc3cc(Br)cnc32)CC1. The predicted molar refractivity (Wildman–Crippen MR) is 229 cm³/mol. The Morgan fingerprint density at radius 1 is 0.636 bits per heavy atom. The lowest BCUT2D eigenvalue weighted by atomic mass is 9.88. The van der Waals surface area contributed by atoms with Crippen LogP contribution in [0.5, 0.6) is 0 Å². The van der Waals surface area contributed by atoms with E-state index in [1.165, 1.54) is 55.7 Å². The average Bonchev–Trinajstić information content (AvgIpc) is 3.46. The molecule has 10 heteroatoms. The Bertz CT molecular complexity index is 2200. The second-order valence-corrected chi connectivity index (χ2v) is 17.2. The first-order chi connectivity index (χ1) is 26.8. The molecule has 55 heavy (non-hydrogen) atoms. The number of carbonyl (C=O) groups excluding carboxylic acids is 1. The second-order valence-electron chi connectivity index (χ2n) is 14.5. The number of likely N-dealkylation sites (tertiary alicyclic amines) is 1. The van der Waals surface area contributed by atoms with Gasteiger partial charge in [0.1, 0.15) is 0 Å². The maximum absolute atomic E-state index is 12.8. The number of carbonyl (C=O) groups is 1. The lowest BCUT2D eigenvalue weighted by molar-refractivity contribution is -0.130. The molecule has 1 N–H and O–H groups in total. The molecule has 0 radical (unpaired) electrons. The number of aryl methyl sites for hydroxylation is 4. The zero-order valence-corrected chi connectivity index (χ0v) is 35.2. The van der Waals surface area contributed by atoms with Gasteiger partial charge in [0.05, 0.1) is 17.8 Å². The number of aromatic nitrogens is 3. The minimum Gasteiger partial charge on any atom is -0.342 e. The Balaban J connectivity index is 0.000000164. The first-order valence-corrected chi connectivity index (χ1v) is 21.3. The van der Waals surface area contributed by atoms with Gasteiger partial charge in [-0.25, -0.2) is 0 Å². The maximum Gasteiger partial charge on any atom is 0.227 e. The summed E-state index contributed by atoms with van der Waals surface area (Å²) < 4.78 is 2.05. The van der Waals surface area contributed by atoms with Crippen molar-refractivity contribution < 1.29 is 4.79 Å². The van der Waals surface area contributed by atoms with Gasteiger partial charge in [-0.2, -0.15) is 0 Å². The monoisotopic (exact) mass is 895 g/mol. The van der Waals surface area contributed by atoms with Gasteiger partial charge in [-0.1, -0.05) is 46.5 Å². The van der Waals surface area contributed by atoms with Crippen LogP contribution in [0.2, 0.25) is 10.0 Å². The van der Waals surface area contributed by atoms with Gasteiger partial charge in [0.2, 0.25) is 5.91 Å². The Morgan fingerprint density at radius 2 is 1.13 bits per heavy atom. The van der Waals surface area contributed by atoms with Gasteiger partial charge in [-0.3, -0.25) is 19.7 Å². The van der Waals surface area contributed by atoms with Crippen molar-refractivity contribution in [3.05, 3.63) is 166 Å². The Hall–Kier alpha value is -3.66. The van der Waals surface area contributed by atoms with Crippen LogP contribution < -0.4 is 5.32 Å². The van der Waals surface area contributed by atoms with E-state index in [4.69, 9.17) is 33.2 Å². The van der Waals surface area contributed by atoms with Crippen LogP contribution in [0.3, 0.4) is 0 Å². The molecule has 0 unspecified atom stereocenters. The lowest BCUT2D eigenvalue weighted by Crippen LogP contribution is -2.37. The van der Waals surface area contributed by atoms with Gasteiger partial charge in [0.25, 0.3) is 0 Å². The zero-order valence-electron chi connectivity index (χ0n) is 30.5. The third-order valence-corrected chi connectivity index (χ3v) is 12.4. The van der Waals surface area contributed by atoms with Gasteiger partial charge in [-0.05, 0) is 184 Å². The lowest BCUT2D eigenvalue weighted by Gasteiger charge is -2.30. The summed E-state index contributed by atoms with van der Waals surface area (Å²) in [5.41, 5.74) is 16.4. The summed E-state index contributed by atoms with van der Waals surface area (Å²) in [4.78, 5) is 28.5. The van der Waals surface area contributed by atoms with Gasteiger partial charge >= 0.3 is 0 Å². The third-order valence-electron chi connectivity index (χ3n) is 11.1. The van der Waals surface area contributed by atoms with Crippen molar-refractivity contribution >= 4 is 72.1 Å². The summed E-state index contributed by atoms with van der Waals surface area (Å²) in [5, 5.41) is 5.04. The van der Waals surface area contributed by atoms with Crippen LogP contribution in [0, 0.1) is 0 Å². The molecule has 1 amide bonds. The molecule has 0 spiro atoms. The largest absolute Gasteiger partial charge is 0.342 e. The number of nitrogens with one attached hydrogen (secondary N) is 1. The minimum absolute atomic E-state index is 0.177. The summed E-state index contributed by atoms with van der Waals surface area (Å²) >= 11 is 19.7. The van der Waals surface area contributed by atoms with Crippen molar-refractivity contribution in [1.82, 2.24) is 25.2 Å². The number of fused-ring (bicyclic) bond motifs is 4. The molecule has 2 aliphatic heterocycles. The van der Waals surface area contributed by atoms with Crippen molar-refractivity contribution in [3.63, 3.8) is 0 Å². The molecule has 5 heterocycles. The summed E-state index contributed by atoms with van der Waals surface area (Å²) in [6, 6.07) is 20.7. The molecule has 0 bridgehead atoms. The van der Waals surface area contributed by atoms with Gasteiger partial charge < -0.3 is 10.2 Å². The minimum atomic E-state index is 0.177. The van der Waals surface area contributed by atoms with Crippen molar-refractivity contribution in [2.75, 3.05) is 26.2 Å². The number of hydrogen-bond acceptors (Lipinski definition) is 5. The van der Waals surface area contributed by atoms with E-state index in [9.17, 15) is 4.79 Å². The molecule has 0 saturated carbocycles. The second kappa shape index (κ2) is 17.2. The highest BCUT2D eigenvalue weighted by molar-refractivity contribution is 9.10. The van der Waals surface area contributed by atoms with Gasteiger partial charge in [-0.15, -0.1) is 0 Å². The van der Waals surface area contributed by atoms with Crippen LogP contribution in [-0.4, -0.2) is 51.9 Å². The normalized spacial score (nSPS) is 16.5. The molecule has 280 valence electrons. The van der Waals surface area contributed by atoms with Crippen molar-refractivity contribution in [1.29, 1.82) is 0 Å². The van der Waals surface area contributed by atoms with Crippen LogP contribution in [-0.2, 0) is 36.9 Å². The molecule has 5 aromatic rings. The number of piperidine rings is 2. The molecular formula is C45H41Br2Cl2N5O. The van der Waals surface area contributed by atoms with E-state index in [-0.39, 0.29) is 5.91 Å². The molecule has 0 atom stereocenters. The van der Waals surface area contributed by atoms with E-state index < -0.39 is 0 Å². The quantitative estimate of drug-likeness (QED) is 0.191. The fourth-order valence-corrected chi connectivity index (χ4v) is 9.52. The number of nitrogens with zero attached hydrogens (tertiary/aromatic N) is 4. The molecule has 4 aliphatic rings. The molecular weight excluding hydrogens is 857 g/mol. The van der Waals surface area contributed by atoms with Crippen LogP contribution in [0.4, 0.5) is 0 Å². The molecule has 2 saturated heterocycles. The standard InChI is InChI=1S/C26H23BrClN3O.C19H18BrClN2/c27-21-14-20-2-1-19-15-22(28)3-4-23(19)25(26(20)30-16-21)18-7-11-31(12-8-18)24(32)13-17-5-9-29-10-6-17;20-15-9-14-2-1-13-10-16(21)3-4-17(13)18(19(14)23-11-15)12-5-7-22-8-6-12/h3-6,9-10,14-16H,1-2,7-8,11-13H2;3-4,9-11,22H,1-2,5-8H2. The smallest absolute Gasteiger partial charge is 0.227 e. The molecule has 3 aromatic heterocycles. The summed E-state index contributed by atoms with van der Waals surface area (Å²) in [6.45, 7) is 3.57. The first kappa shape index (κ1) is 38.2. The molecule has 9 rings (SSSR count). The van der Waals surface area contributed by atoms with E-state index in [1.807, 2.05) is 41.6 Å². The third kappa shape index (κ3) is 8.69. The van der Waals surface area contributed by atoms with Gasteiger partial charge in [0, 0.05) is 68.0 Å². The van der Waals surface area contributed by atoms with Crippen molar-refractivity contribution in [2.45, 2.75) is 57.8 Å². The van der Waals surface area contributed by atoms with Crippen LogP contribution >= 0.6 is 55.1 Å². The van der Waals surface area contributed by atoms with E-state index >= 15 is 0 Å². The number of hydrogen-bond donors (Lipinski definition) is 1. The number of rotatable bonds is 2. The zero-order chi connectivity index (χ0) is 37.9. The van der Waals surface area contributed by atoms with Crippen molar-refractivity contribution in [2.24, 2.45) is 0 Å². The number of pyridine rings is 3. The Morgan fingerprint density at radius 3 is 1.65 bits per heavy atom. The molecule has 2 aliphatic carbocycles. The molecule has 2 aromatic carbocycles. The predicted octanol–water partition coefficient (Wildman–Crippen LogP) is 10.4.